The van der Waals surface area contributed by atoms with Gasteiger partial charge in [-0.1, -0.05) is 42.5 Å². The molecule has 3 aromatic carbocycles. The van der Waals surface area contributed by atoms with Crippen molar-refractivity contribution in [2.75, 3.05) is 5.73 Å². The highest BCUT2D eigenvalue weighted by Gasteiger charge is 2.12. The standard InChI is InChI=1S/C17H12N2O/c18-15-16-13(9-10-5-1-4-8-14(10)19-16)11-6-2-3-7-12(11)17(15)20/h1-9,20H,18H2. The second-order valence-corrected chi connectivity index (χ2v) is 4.89. The van der Waals surface area contributed by atoms with Crippen LogP contribution in [0.2, 0.25) is 0 Å². The number of phenols is 1. The van der Waals surface area contributed by atoms with Crippen LogP contribution in [0.3, 0.4) is 0 Å². The van der Waals surface area contributed by atoms with Crippen LogP contribution >= 0.6 is 0 Å². The molecule has 3 N–H and O–H groups in total. The van der Waals surface area contributed by atoms with Crippen molar-refractivity contribution in [1.29, 1.82) is 0 Å². The largest absolute Gasteiger partial charge is 0.505 e. The average Bonchev–Trinajstić information content (AvgIpc) is 2.51. The molecule has 0 amide bonds. The second kappa shape index (κ2) is 3.84. The van der Waals surface area contributed by atoms with E-state index in [-0.39, 0.29) is 5.75 Å². The summed E-state index contributed by atoms with van der Waals surface area (Å²) in [4.78, 5) is 4.60. The summed E-state index contributed by atoms with van der Waals surface area (Å²) in [6.07, 6.45) is 0. The van der Waals surface area contributed by atoms with Gasteiger partial charge in [0.25, 0.3) is 0 Å². The van der Waals surface area contributed by atoms with Crippen LogP contribution in [0.25, 0.3) is 32.6 Å². The molecule has 0 atom stereocenters. The number of hydrogen-bond acceptors (Lipinski definition) is 3. The highest BCUT2D eigenvalue weighted by Crippen LogP contribution is 2.39. The van der Waals surface area contributed by atoms with Crippen LogP contribution in [0.1, 0.15) is 0 Å². The van der Waals surface area contributed by atoms with Gasteiger partial charge in [-0.3, -0.25) is 0 Å². The summed E-state index contributed by atoms with van der Waals surface area (Å²) in [5.74, 6) is 0.107. The van der Waals surface area contributed by atoms with Gasteiger partial charge in [0.15, 0.2) is 0 Å². The zero-order chi connectivity index (χ0) is 13.7. The first kappa shape index (κ1) is 11.1. The van der Waals surface area contributed by atoms with E-state index in [1.807, 2.05) is 48.5 Å². The maximum atomic E-state index is 10.3. The Kier molecular flexibility index (Phi) is 2.12. The van der Waals surface area contributed by atoms with Gasteiger partial charge in [0, 0.05) is 16.2 Å². The SMILES string of the molecule is Nc1c(O)c2ccccc2c2cc3ccccc3nc12. The van der Waals surface area contributed by atoms with Gasteiger partial charge in [-0.25, -0.2) is 4.98 Å². The van der Waals surface area contributed by atoms with E-state index in [2.05, 4.69) is 11.1 Å². The predicted octanol–water partition coefficient (Wildman–Crippen LogP) is 3.83. The fourth-order valence-electron chi connectivity index (χ4n) is 2.71. The summed E-state index contributed by atoms with van der Waals surface area (Å²) < 4.78 is 0. The number of fused-ring (bicyclic) bond motifs is 4. The molecule has 0 saturated heterocycles. The molecule has 0 saturated carbocycles. The van der Waals surface area contributed by atoms with Crippen molar-refractivity contribution in [3.05, 3.63) is 54.6 Å². The molecule has 0 spiro atoms. The van der Waals surface area contributed by atoms with Crippen molar-refractivity contribution in [3.63, 3.8) is 0 Å². The Hall–Kier alpha value is -2.81. The Morgan fingerprint density at radius 2 is 1.55 bits per heavy atom. The summed E-state index contributed by atoms with van der Waals surface area (Å²) in [6, 6.07) is 17.7. The van der Waals surface area contributed by atoms with Crippen molar-refractivity contribution in [2.24, 2.45) is 0 Å². The van der Waals surface area contributed by atoms with Gasteiger partial charge in [0.2, 0.25) is 0 Å². The number of aromatic nitrogens is 1. The molecule has 3 nitrogen and oxygen atoms in total. The van der Waals surface area contributed by atoms with Crippen molar-refractivity contribution >= 4 is 38.3 Å². The molecule has 96 valence electrons. The van der Waals surface area contributed by atoms with E-state index < -0.39 is 0 Å². The average molecular weight is 260 g/mol. The number of phenolic OH excluding ortho intramolecular Hbond substituents is 1. The highest BCUT2D eigenvalue weighted by molar-refractivity contribution is 6.16. The fourth-order valence-corrected chi connectivity index (χ4v) is 2.71. The number of nitrogens with zero attached hydrogens (tertiary/aromatic N) is 1. The summed E-state index contributed by atoms with van der Waals surface area (Å²) in [5, 5.41) is 14.0. The Labute approximate surface area is 115 Å². The van der Waals surface area contributed by atoms with Crippen LogP contribution in [0.5, 0.6) is 5.75 Å². The van der Waals surface area contributed by atoms with Gasteiger partial charge in [0.05, 0.1) is 11.0 Å². The zero-order valence-electron chi connectivity index (χ0n) is 10.7. The Balaban J connectivity index is 2.33. The Bertz CT molecular complexity index is 977. The van der Waals surface area contributed by atoms with Crippen LogP contribution in [0.15, 0.2) is 54.6 Å². The van der Waals surface area contributed by atoms with E-state index in [0.717, 1.165) is 27.1 Å². The minimum Gasteiger partial charge on any atom is -0.505 e. The third-order valence-electron chi connectivity index (χ3n) is 3.71. The number of benzene rings is 3. The van der Waals surface area contributed by atoms with Crippen molar-refractivity contribution in [1.82, 2.24) is 4.98 Å². The van der Waals surface area contributed by atoms with Crippen molar-refractivity contribution in [3.8, 4) is 5.75 Å². The molecule has 0 radical (unpaired) electrons. The third-order valence-corrected chi connectivity index (χ3v) is 3.71. The lowest BCUT2D eigenvalue weighted by molar-refractivity contribution is 0.485. The number of rotatable bonds is 0. The smallest absolute Gasteiger partial charge is 0.148 e. The second-order valence-electron chi connectivity index (χ2n) is 4.89. The van der Waals surface area contributed by atoms with Gasteiger partial charge in [-0.05, 0) is 17.5 Å². The lowest BCUT2D eigenvalue weighted by Crippen LogP contribution is -1.93. The normalized spacial score (nSPS) is 11.4. The van der Waals surface area contributed by atoms with E-state index in [1.54, 1.807) is 0 Å². The minimum atomic E-state index is 0.107. The maximum absolute atomic E-state index is 10.3. The third kappa shape index (κ3) is 1.37. The molecular weight excluding hydrogens is 248 g/mol. The topological polar surface area (TPSA) is 59.1 Å². The molecule has 4 rings (SSSR count). The number of hydrogen-bond donors (Lipinski definition) is 2. The first-order valence-electron chi connectivity index (χ1n) is 6.44. The van der Waals surface area contributed by atoms with E-state index in [1.165, 1.54) is 0 Å². The fraction of sp³-hybridized carbons (Fsp3) is 0. The molecule has 1 aromatic heterocycles. The predicted molar refractivity (Wildman–Crippen MR) is 82.8 cm³/mol. The number of nitrogens with two attached hydrogens (primary N) is 1. The van der Waals surface area contributed by atoms with E-state index in [9.17, 15) is 5.11 Å². The molecule has 0 unspecified atom stereocenters. The van der Waals surface area contributed by atoms with Gasteiger partial charge >= 0.3 is 0 Å². The molecular formula is C17H12N2O. The molecule has 1 heterocycles. The molecule has 0 bridgehead atoms. The quantitative estimate of drug-likeness (QED) is 0.219. The van der Waals surface area contributed by atoms with Gasteiger partial charge in [-0.15, -0.1) is 0 Å². The summed E-state index contributed by atoms with van der Waals surface area (Å²) in [7, 11) is 0. The summed E-state index contributed by atoms with van der Waals surface area (Å²) >= 11 is 0. The van der Waals surface area contributed by atoms with Gasteiger partial charge < -0.3 is 10.8 Å². The van der Waals surface area contributed by atoms with Crippen molar-refractivity contribution < 1.29 is 5.11 Å². The molecule has 0 fully saturated rings. The Morgan fingerprint density at radius 3 is 2.40 bits per heavy atom. The lowest BCUT2D eigenvalue weighted by atomic mass is 10.0. The molecule has 0 aliphatic carbocycles. The van der Waals surface area contributed by atoms with Crippen LogP contribution in [0, 0.1) is 0 Å². The van der Waals surface area contributed by atoms with Crippen LogP contribution in [0.4, 0.5) is 5.69 Å². The highest BCUT2D eigenvalue weighted by atomic mass is 16.3. The van der Waals surface area contributed by atoms with E-state index in [0.29, 0.717) is 11.2 Å². The molecule has 4 aromatic rings. The number of aromatic hydroxyl groups is 1. The number of anilines is 1. The van der Waals surface area contributed by atoms with Crippen LogP contribution in [-0.2, 0) is 0 Å². The summed E-state index contributed by atoms with van der Waals surface area (Å²) in [6.45, 7) is 0. The first-order chi connectivity index (χ1) is 9.75. The molecule has 20 heavy (non-hydrogen) atoms. The van der Waals surface area contributed by atoms with Crippen molar-refractivity contribution in [2.45, 2.75) is 0 Å². The zero-order valence-corrected chi connectivity index (χ0v) is 10.7. The molecule has 0 aliphatic heterocycles. The number of para-hydroxylation sites is 1. The first-order valence-corrected chi connectivity index (χ1v) is 6.44. The number of nitrogen functional groups attached to an aromatic ring is 1. The monoisotopic (exact) mass is 260 g/mol. The van der Waals surface area contributed by atoms with Crippen LogP contribution in [-0.4, -0.2) is 10.1 Å². The number of pyridine rings is 1. The van der Waals surface area contributed by atoms with Crippen LogP contribution < -0.4 is 5.73 Å². The molecule has 0 aliphatic rings. The molecule has 3 heteroatoms. The van der Waals surface area contributed by atoms with E-state index in [4.69, 9.17) is 5.73 Å². The lowest BCUT2D eigenvalue weighted by Gasteiger charge is -2.10. The Morgan fingerprint density at radius 1 is 0.850 bits per heavy atom. The maximum Gasteiger partial charge on any atom is 0.148 e. The summed E-state index contributed by atoms with van der Waals surface area (Å²) in [5.41, 5.74) is 7.93. The minimum absolute atomic E-state index is 0.107. The van der Waals surface area contributed by atoms with E-state index >= 15 is 0 Å². The van der Waals surface area contributed by atoms with Gasteiger partial charge in [-0.2, -0.15) is 0 Å². The van der Waals surface area contributed by atoms with Gasteiger partial charge in [0.1, 0.15) is 11.4 Å².